The van der Waals surface area contributed by atoms with E-state index in [1.807, 2.05) is 0 Å². The summed E-state index contributed by atoms with van der Waals surface area (Å²) < 4.78 is 50.6. The minimum absolute atomic E-state index is 0.134. The van der Waals surface area contributed by atoms with Crippen molar-refractivity contribution in [1.82, 2.24) is 5.32 Å². The number of anilines is 1. The Labute approximate surface area is 151 Å². The van der Waals surface area contributed by atoms with Crippen LogP contribution in [0.1, 0.15) is 5.56 Å². The third kappa shape index (κ3) is 6.40. The van der Waals surface area contributed by atoms with Gasteiger partial charge in [0.05, 0.1) is 17.9 Å². The van der Waals surface area contributed by atoms with Crippen LogP contribution in [0.5, 0.6) is 0 Å². The van der Waals surface area contributed by atoms with Gasteiger partial charge in [0.2, 0.25) is 11.8 Å². The zero-order valence-electron chi connectivity index (χ0n) is 13.3. The van der Waals surface area contributed by atoms with Crippen LogP contribution in [0.2, 0.25) is 0 Å². The summed E-state index contributed by atoms with van der Waals surface area (Å²) in [7, 11) is 0. The number of hydrogen-bond acceptors (Lipinski definition) is 3. The molecule has 2 rings (SSSR count). The molecule has 0 aliphatic carbocycles. The van der Waals surface area contributed by atoms with E-state index in [4.69, 9.17) is 0 Å². The van der Waals surface area contributed by atoms with Crippen LogP contribution in [-0.2, 0) is 15.8 Å². The molecule has 2 amide bonds. The van der Waals surface area contributed by atoms with E-state index >= 15 is 0 Å². The average molecular weight is 386 g/mol. The van der Waals surface area contributed by atoms with Gasteiger partial charge in [0.1, 0.15) is 5.82 Å². The normalized spacial score (nSPS) is 11.1. The number of hydrogen-bond donors (Lipinski definition) is 2. The molecule has 0 aliphatic rings. The molecule has 0 aromatic heterocycles. The largest absolute Gasteiger partial charge is 0.416 e. The molecule has 0 saturated carbocycles. The Morgan fingerprint density at radius 1 is 1.00 bits per heavy atom. The summed E-state index contributed by atoms with van der Waals surface area (Å²) in [6.07, 6.45) is -4.45. The third-order valence-corrected chi connectivity index (χ3v) is 4.10. The van der Waals surface area contributed by atoms with Crippen LogP contribution in [-0.4, -0.2) is 24.1 Å². The standard InChI is InChI=1S/C17H14F4N2O2S/c18-12-4-6-13(7-5-12)23-15(24)9-22-16(25)10-26-14-3-1-2-11(8-14)17(19,20)21/h1-8H,9-10H2,(H,22,25)(H,23,24). The first-order valence-corrected chi connectivity index (χ1v) is 8.35. The number of thioether (sulfide) groups is 1. The molecule has 0 fully saturated rings. The van der Waals surface area contributed by atoms with Crippen LogP contribution in [0.3, 0.4) is 0 Å². The lowest BCUT2D eigenvalue weighted by Crippen LogP contribution is -2.33. The van der Waals surface area contributed by atoms with Crippen molar-refractivity contribution in [3.63, 3.8) is 0 Å². The van der Waals surface area contributed by atoms with Gasteiger partial charge in [-0.25, -0.2) is 4.39 Å². The quantitative estimate of drug-likeness (QED) is 0.588. The van der Waals surface area contributed by atoms with E-state index in [1.165, 1.54) is 36.4 Å². The molecule has 2 aromatic rings. The SMILES string of the molecule is O=C(CSc1cccc(C(F)(F)F)c1)NCC(=O)Nc1ccc(F)cc1. The van der Waals surface area contributed by atoms with Gasteiger partial charge >= 0.3 is 6.18 Å². The molecule has 4 nitrogen and oxygen atoms in total. The van der Waals surface area contributed by atoms with Crippen LogP contribution in [0.15, 0.2) is 53.4 Å². The van der Waals surface area contributed by atoms with Crippen molar-refractivity contribution in [2.75, 3.05) is 17.6 Å². The predicted molar refractivity (Wildman–Crippen MR) is 90.2 cm³/mol. The fourth-order valence-electron chi connectivity index (χ4n) is 1.88. The minimum atomic E-state index is -4.45. The minimum Gasteiger partial charge on any atom is -0.346 e. The smallest absolute Gasteiger partial charge is 0.346 e. The lowest BCUT2D eigenvalue weighted by atomic mass is 10.2. The molecular formula is C17H14F4N2O2S. The highest BCUT2D eigenvalue weighted by molar-refractivity contribution is 8.00. The molecule has 0 bridgehead atoms. The summed E-state index contributed by atoms with van der Waals surface area (Å²) in [4.78, 5) is 23.7. The number of benzene rings is 2. The molecule has 9 heteroatoms. The zero-order valence-corrected chi connectivity index (χ0v) is 14.1. The molecule has 0 unspecified atom stereocenters. The van der Waals surface area contributed by atoms with Crippen molar-refractivity contribution in [1.29, 1.82) is 0 Å². The van der Waals surface area contributed by atoms with E-state index in [9.17, 15) is 27.2 Å². The number of nitrogens with one attached hydrogen (secondary N) is 2. The average Bonchev–Trinajstić information content (AvgIpc) is 2.60. The van der Waals surface area contributed by atoms with Gasteiger partial charge in [-0.3, -0.25) is 9.59 Å². The molecule has 0 aliphatic heterocycles. The lowest BCUT2D eigenvalue weighted by molar-refractivity contribution is -0.137. The van der Waals surface area contributed by atoms with E-state index in [-0.39, 0.29) is 12.3 Å². The zero-order chi connectivity index (χ0) is 19.2. The fraction of sp³-hybridized carbons (Fsp3) is 0.176. The van der Waals surface area contributed by atoms with Gasteiger partial charge in [-0.1, -0.05) is 6.07 Å². The lowest BCUT2D eigenvalue weighted by Gasteiger charge is -2.09. The highest BCUT2D eigenvalue weighted by atomic mass is 32.2. The summed E-state index contributed by atoms with van der Waals surface area (Å²) in [5.41, 5.74) is -0.412. The predicted octanol–water partition coefficient (Wildman–Crippen LogP) is 3.69. The second-order valence-electron chi connectivity index (χ2n) is 5.15. The summed E-state index contributed by atoms with van der Waals surface area (Å²) in [6.45, 7) is -0.306. The Hall–Kier alpha value is -2.55. The summed E-state index contributed by atoms with van der Waals surface area (Å²) in [5.74, 6) is -1.58. The van der Waals surface area contributed by atoms with Crippen molar-refractivity contribution < 1.29 is 27.2 Å². The number of halogens is 4. The number of amides is 2. The summed E-state index contributed by atoms with van der Waals surface area (Å²) in [5, 5.41) is 4.83. The van der Waals surface area contributed by atoms with E-state index in [2.05, 4.69) is 10.6 Å². The van der Waals surface area contributed by atoms with E-state index in [0.717, 1.165) is 23.9 Å². The molecule has 0 saturated heterocycles. The van der Waals surface area contributed by atoms with Crippen LogP contribution in [0.4, 0.5) is 23.2 Å². The summed E-state index contributed by atoms with van der Waals surface area (Å²) in [6, 6.07) is 9.74. The molecule has 0 heterocycles. The molecular weight excluding hydrogens is 372 g/mol. The molecule has 138 valence electrons. The second kappa shape index (κ2) is 8.70. The van der Waals surface area contributed by atoms with Crippen LogP contribution in [0.25, 0.3) is 0 Å². The highest BCUT2D eigenvalue weighted by Crippen LogP contribution is 2.31. The third-order valence-electron chi connectivity index (χ3n) is 3.11. The Balaban J connectivity index is 1.77. The number of alkyl halides is 3. The van der Waals surface area contributed by atoms with Crippen LogP contribution in [0, 0.1) is 5.82 Å². The van der Waals surface area contributed by atoms with E-state index < -0.39 is 29.4 Å². The molecule has 0 atom stereocenters. The number of rotatable bonds is 6. The van der Waals surface area contributed by atoms with E-state index in [1.54, 1.807) is 0 Å². The first kappa shape index (κ1) is 19.8. The van der Waals surface area contributed by atoms with Crippen LogP contribution >= 0.6 is 11.8 Å². The van der Waals surface area contributed by atoms with Gasteiger partial charge in [0, 0.05) is 10.6 Å². The van der Waals surface area contributed by atoms with Gasteiger partial charge in [0.25, 0.3) is 0 Å². The van der Waals surface area contributed by atoms with Crippen molar-refractivity contribution >= 4 is 29.3 Å². The first-order valence-electron chi connectivity index (χ1n) is 7.36. The maximum atomic E-state index is 12.8. The van der Waals surface area contributed by atoms with E-state index in [0.29, 0.717) is 10.6 Å². The van der Waals surface area contributed by atoms with Gasteiger partial charge in [-0.15, -0.1) is 11.8 Å². The van der Waals surface area contributed by atoms with Crippen LogP contribution < -0.4 is 10.6 Å². The molecule has 2 aromatic carbocycles. The summed E-state index contributed by atoms with van der Waals surface area (Å²) >= 11 is 0.931. The van der Waals surface area contributed by atoms with Crippen molar-refractivity contribution in [2.45, 2.75) is 11.1 Å². The second-order valence-corrected chi connectivity index (χ2v) is 6.19. The van der Waals surface area contributed by atoms with Gasteiger partial charge in [0.15, 0.2) is 0 Å². The topological polar surface area (TPSA) is 58.2 Å². The monoisotopic (exact) mass is 386 g/mol. The Morgan fingerprint density at radius 2 is 1.69 bits per heavy atom. The molecule has 0 spiro atoms. The number of carbonyl (C=O) groups excluding carboxylic acids is 2. The Bertz CT molecular complexity index is 779. The number of carbonyl (C=O) groups is 2. The van der Waals surface area contributed by atoms with Gasteiger partial charge in [-0.2, -0.15) is 13.2 Å². The highest BCUT2D eigenvalue weighted by Gasteiger charge is 2.30. The van der Waals surface area contributed by atoms with Crippen molar-refractivity contribution in [2.24, 2.45) is 0 Å². The van der Waals surface area contributed by atoms with Crippen molar-refractivity contribution in [3.8, 4) is 0 Å². The van der Waals surface area contributed by atoms with Crippen molar-refractivity contribution in [3.05, 3.63) is 59.9 Å². The Kier molecular flexibility index (Phi) is 6.62. The van der Waals surface area contributed by atoms with Gasteiger partial charge in [-0.05, 0) is 42.5 Å². The van der Waals surface area contributed by atoms with Gasteiger partial charge < -0.3 is 10.6 Å². The fourth-order valence-corrected chi connectivity index (χ4v) is 2.66. The maximum Gasteiger partial charge on any atom is 0.416 e. The maximum absolute atomic E-state index is 12.8. The molecule has 0 radical (unpaired) electrons. The Morgan fingerprint density at radius 3 is 2.35 bits per heavy atom. The molecule has 2 N–H and O–H groups in total. The molecule has 26 heavy (non-hydrogen) atoms. The first-order chi connectivity index (χ1) is 12.2.